The molecule has 14 heavy (non-hydrogen) atoms. The Hall–Kier alpha value is -1.30. The maximum absolute atomic E-state index is 11.1. The molecule has 1 atom stereocenters. The van der Waals surface area contributed by atoms with Crippen LogP contribution in [0.15, 0.2) is 0 Å². The van der Waals surface area contributed by atoms with Gasteiger partial charge in [0.1, 0.15) is 6.04 Å². The summed E-state index contributed by atoms with van der Waals surface area (Å²) in [6, 6.07) is -0.685. The Labute approximate surface area is 82.4 Å². The van der Waals surface area contributed by atoms with Crippen LogP contribution in [0.4, 0.5) is 4.79 Å². The molecule has 0 aromatic rings. The van der Waals surface area contributed by atoms with Gasteiger partial charge in [-0.05, 0) is 6.42 Å². The van der Waals surface area contributed by atoms with Crippen LogP contribution < -0.4 is 11.1 Å². The molecule has 1 unspecified atom stereocenters. The number of primary amides is 1. The van der Waals surface area contributed by atoms with Gasteiger partial charge in [-0.3, -0.25) is 9.69 Å². The van der Waals surface area contributed by atoms with Crippen molar-refractivity contribution in [1.82, 2.24) is 10.2 Å². The maximum Gasteiger partial charge on any atom is 0.323 e. The van der Waals surface area contributed by atoms with Crippen molar-refractivity contribution in [1.29, 1.82) is 0 Å². The molecule has 1 heterocycles. The van der Waals surface area contributed by atoms with E-state index in [9.17, 15) is 9.59 Å². The third-order valence-electron chi connectivity index (χ3n) is 2.30. The van der Waals surface area contributed by atoms with Crippen molar-refractivity contribution in [3.8, 4) is 0 Å². The Bertz CT molecular complexity index is 232. The number of carbonyl (C=O) groups excluding carboxylic acids is 2. The number of nitrogens with two attached hydrogens (primary N) is 1. The molecule has 1 rings (SSSR count). The lowest BCUT2D eigenvalue weighted by Crippen LogP contribution is -2.54. The van der Waals surface area contributed by atoms with Crippen LogP contribution in [0.2, 0.25) is 0 Å². The molecule has 1 aliphatic rings. The van der Waals surface area contributed by atoms with Crippen molar-refractivity contribution in [3.05, 3.63) is 0 Å². The Morgan fingerprint density at radius 2 is 2.36 bits per heavy atom. The van der Waals surface area contributed by atoms with E-state index >= 15 is 0 Å². The van der Waals surface area contributed by atoms with Crippen molar-refractivity contribution in [2.24, 2.45) is 5.73 Å². The second-order valence-corrected chi connectivity index (χ2v) is 3.15. The number of urea groups is 1. The second kappa shape index (κ2) is 4.80. The first kappa shape index (κ1) is 10.8. The fraction of sp³-hybridized carbons (Fsp3) is 0.750. The molecule has 80 valence electrons. The summed E-state index contributed by atoms with van der Waals surface area (Å²) in [6.45, 7) is 1.95. The minimum Gasteiger partial charge on any atom is -0.468 e. The zero-order valence-corrected chi connectivity index (χ0v) is 8.16. The highest BCUT2D eigenvalue weighted by molar-refractivity contribution is 5.76. The Kier molecular flexibility index (Phi) is 3.70. The smallest absolute Gasteiger partial charge is 0.323 e. The molecule has 0 aromatic heterocycles. The van der Waals surface area contributed by atoms with Crippen LogP contribution in [-0.2, 0) is 9.53 Å². The zero-order valence-electron chi connectivity index (χ0n) is 8.16. The van der Waals surface area contributed by atoms with Crippen LogP contribution in [-0.4, -0.2) is 49.7 Å². The van der Waals surface area contributed by atoms with E-state index in [1.54, 1.807) is 0 Å². The van der Waals surface area contributed by atoms with Crippen LogP contribution >= 0.6 is 0 Å². The summed E-state index contributed by atoms with van der Waals surface area (Å²) in [7, 11) is 1.38. The third-order valence-corrected chi connectivity index (χ3v) is 2.30. The van der Waals surface area contributed by atoms with Gasteiger partial charge in [0.15, 0.2) is 0 Å². The van der Waals surface area contributed by atoms with Gasteiger partial charge < -0.3 is 15.8 Å². The summed E-state index contributed by atoms with van der Waals surface area (Å²) in [4.78, 5) is 23.4. The molecule has 0 aliphatic carbocycles. The molecule has 3 N–H and O–H groups in total. The van der Waals surface area contributed by atoms with E-state index in [-0.39, 0.29) is 12.0 Å². The molecule has 6 heteroatoms. The largest absolute Gasteiger partial charge is 0.468 e. The van der Waals surface area contributed by atoms with Gasteiger partial charge in [-0.25, -0.2) is 4.79 Å². The molecule has 0 bridgehead atoms. The van der Waals surface area contributed by atoms with Gasteiger partial charge in [-0.15, -0.1) is 0 Å². The minimum absolute atomic E-state index is 0.144. The van der Waals surface area contributed by atoms with Gasteiger partial charge in [0.25, 0.3) is 0 Å². The normalized spacial score (nSPS) is 21.1. The Balaban J connectivity index is 2.19. The monoisotopic (exact) mass is 201 g/mol. The van der Waals surface area contributed by atoms with E-state index in [2.05, 4.69) is 10.1 Å². The summed E-state index contributed by atoms with van der Waals surface area (Å²) in [5, 5.41) is 2.47. The quantitative estimate of drug-likeness (QED) is 0.565. The number of amides is 2. The number of carbonyl (C=O) groups is 2. The molecule has 0 spiro atoms. The number of ether oxygens (including phenoxy) is 1. The number of rotatable bonds is 4. The van der Waals surface area contributed by atoms with Crippen molar-refractivity contribution >= 4 is 12.0 Å². The SMILES string of the molecule is COC(=O)C1CCN1CCNC(N)=O. The average molecular weight is 201 g/mol. The van der Waals surface area contributed by atoms with Gasteiger partial charge in [-0.1, -0.05) is 0 Å². The number of likely N-dealkylation sites (tertiary alicyclic amines) is 1. The summed E-state index contributed by atoms with van der Waals surface area (Å²) < 4.78 is 4.62. The number of nitrogens with one attached hydrogen (secondary N) is 1. The summed E-state index contributed by atoms with van der Waals surface area (Å²) >= 11 is 0. The van der Waals surface area contributed by atoms with Gasteiger partial charge in [-0.2, -0.15) is 0 Å². The molecular weight excluding hydrogens is 186 g/mol. The summed E-state index contributed by atoms with van der Waals surface area (Å²) in [5.41, 5.74) is 4.90. The summed E-state index contributed by atoms with van der Waals surface area (Å²) in [5.74, 6) is -0.213. The van der Waals surface area contributed by atoms with Gasteiger partial charge in [0.2, 0.25) is 0 Å². The molecule has 1 aliphatic heterocycles. The van der Waals surface area contributed by atoms with Gasteiger partial charge in [0.05, 0.1) is 7.11 Å². The first-order chi connectivity index (χ1) is 6.65. The van der Waals surface area contributed by atoms with Crippen LogP contribution in [0.25, 0.3) is 0 Å². The molecule has 1 fully saturated rings. The third kappa shape index (κ3) is 2.59. The predicted octanol–water partition coefficient (Wildman–Crippen LogP) is -1.10. The zero-order chi connectivity index (χ0) is 10.6. The van der Waals surface area contributed by atoms with E-state index < -0.39 is 6.03 Å². The highest BCUT2D eigenvalue weighted by atomic mass is 16.5. The highest BCUT2D eigenvalue weighted by Gasteiger charge is 2.34. The minimum atomic E-state index is -0.542. The second-order valence-electron chi connectivity index (χ2n) is 3.15. The Morgan fingerprint density at radius 1 is 1.64 bits per heavy atom. The molecular formula is C8H15N3O3. The number of nitrogens with zero attached hydrogens (tertiary/aromatic N) is 1. The van der Waals surface area contributed by atoms with E-state index in [0.717, 1.165) is 13.0 Å². The van der Waals surface area contributed by atoms with Crippen molar-refractivity contribution in [2.45, 2.75) is 12.5 Å². The molecule has 0 aromatic carbocycles. The molecule has 1 saturated heterocycles. The van der Waals surface area contributed by atoms with Crippen molar-refractivity contribution < 1.29 is 14.3 Å². The number of hydrogen-bond donors (Lipinski definition) is 2. The Morgan fingerprint density at radius 3 is 2.79 bits per heavy atom. The van der Waals surface area contributed by atoms with Crippen LogP contribution in [0, 0.1) is 0 Å². The highest BCUT2D eigenvalue weighted by Crippen LogP contribution is 2.17. The van der Waals surface area contributed by atoms with Gasteiger partial charge >= 0.3 is 12.0 Å². The lowest BCUT2D eigenvalue weighted by molar-refractivity contribution is -0.151. The van der Waals surface area contributed by atoms with E-state index in [4.69, 9.17) is 5.73 Å². The van der Waals surface area contributed by atoms with E-state index in [0.29, 0.717) is 13.1 Å². The van der Waals surface area contributed by atoms with E-state index in [1.165, 1.54) is 7.11 Å². The van der Waals surface area contributed by atoms with Crippen LogP contribution in [0.3, 0.4) is 0 Å². The predicted molar refractivity (Wildman–Crippen MR) is 49.6 cm³/mol. The first-order valence-corrected chi connectivity index (χ1v) is 4.50. The molecule has 2 amide bonds. The fourth-order valence-corrected chi connectivity index (χ4v) is 1.43. The van der Waals surface area contributed by atoms with Crippen molar-refractivity contribution in [2.75, 3.05) is 26.7 Å². The van der Waals surface area contributed by atoms with Crippen LogP contribution in [0.1, 0.15) is 6.42 Å². The lowest BCUT2D eigenvalue weighted by Gasteiger charge is -2.38. The van der Waals surface area contributed by atoms with Gasteiger partial charge in [0, 0.05) is 19.6 Å². The number of esters is 1. The number of hydrogen-bond acceptors (Lipinski definition) is 4. The summed E-state index contributed by atoms with van der Waals surface area (Å²) in [6.07, 6.45) is 0.823. The standard InChI is InChI=1S/C8H15N3O3/c1-14-7(12)6-2-4-11(6)5-3-10-8(9)13/h6H,2-5H2,1H3,(H3,9,10,13). The average Bonchev–Trinajstić information content (AvgIpc) is 2.09. The molecule has 0 saturated carbocycles. The van der Waals surface area contributed by atoms with E-state index in [1.807, 2.05) is 4.90 Å². The molecule has 6 nitrogen and oxygen atoms in total. The number of methoxy groups -OCH3 is 1. The molecule has 0 radical (unpaired) electrons. The van der Waals surface area contributed by atoms with Crippen LogP contribution in [0.5, 0.6) is 0 Å². The maximum atomic E-state index is 11.1. The van der Waals surface area contributed by atoms with Crippen molar-refractivity contribution in [3.63, 3.8) is 0 Å². The lowest BCUT2D eigenvalue weighted by atomic mass is 10.0. The topological polar surface area (TPSA) is 84.7 Å². The fourth-order valence-electron chi connectivity index (χ4n) is 1.43. The first-order valence-electron chi connectivity index (χ1n) is 4.50.